The van der Waals surface area contributed by atoms with E-state index in [0.29, 0.717) is 30.0 Å². The Kier molecular flexibility index (Phi) is 3.68. The lowest BCUT2D eigenvalue weighted by atomic mass is 9.81. The summed E-state index contributed by atoms with van der Waals surface area (Å²) in [5.41, 5.74) is 0.576. The maximum Gasteiger partial charge on any atom is 0.306 e. The van der Waals surface area contributed by atoms with Gasteiger partial charge in [-0.15, -0.1) is 0 Å². The summed E-state index contributed by atoms with van der Waals surface area (Å²) in [6.45, 7) is 0.146. The average Bonchev–Trinajstić information content (AvgIpc) is 2.97. The Labute approximate surface area is 122 Å². The highest BCUT2D eigenvalue weighted by atomic mass is 16.7. The molecule has 21 heavy (non-hydrogen) atoms. The van der Waals surface area contributed by atoms with E-state index in [0.717, 1.165) is 12.8 Å². The highest BCUT2D eigenvalue weighted by Gasteiger charge is 2.31. The number of para-hydroxylation sites is 1. The number of fused-ring (bicyclic) bond motifs is 1. The molecule has 1 fully saturated rings. The van der Waals surface area contributed by atoms with Gasteiger partial charge in [0.1, 0.15) is 0 Å². The van der Waals surface area contributed by atoms with Crippen molar-refractivity contribution in [1.82, 2.24) is 0 Å². The first-order valence-corrected chi connectivity index (χ1v) is 7.07. The Bertz CT molecular complexity index is 571. The molecule has 2 aliphatic rings. The summed E-state index contributed by atoms with van der Waals surface area (Å²) < 4.78 is 10.6. The number of carboxylic acid groups (broad SMARTS) is 1. The lowest BCUT2D eigenvalue weighted by Crippen LogP contribution is -2.31. The molecule has 1 aliphatic carbocycles. The van der Waals surface area contributed by atoms with Gasteiger partial charge in [-0.25, -0.2) is 0 Å². The van der Waals surface area contributed by atoms with Crippen molar-refractivity contribution in [3.63, 3.8) is 0 Å². The van der Waals surface area contributed by atoms with Crippen molar-refractivity contribution in [1.29, 1.82) is 0 Å². The van der Waals surface area contributed by atoms with Crippen LogP contribution in [0.1, 0.15) is 25.7 Å². The molecule has 2 N–H and O–H groups in total. The van der Waals surface area contributed by atoms with Crippen molar-refractivity contribution in [2.24, 2.45) is 11.8 Å². The molecule has 1 aliphatic heterocycles. The van der Waals surface area contributed by atoms with Gasteiger partial charge in [-0.1, -0.05) is 12.5 Å². The first-order chi connectivity index (χ1) is 10.1. The van der Waals surface area contributed by atoms with Crippen molar-refractivity contribution in [2.75, 3.05) is 12.1 Å². The predicted molar refractivity (Wildman–Crippen MR) is 74.3 cm³/mol. The Hall–Kier alpha value is -2.24. The first kappa shape index (κ1) is 13.7. The summed E-state index contributed by atoms with van der Waals surface area (Å²) >= 11 is 0. The number of ether oxygens (including phenoxy) is 2. The van der Waals surface area contributed by atoms with Crippen LogP contribution in [0.25, 0.3) is 0 Å². The fraction of sp³-hybridized carbons (Fsp3) is 0.467. The molecule has 1 heterocycles. The van der Waals surface area contributed by atoms with Crippen LogP contribution in [-0.2, 0) is 9.59 Å². The molecule has 0 spiro atoms. The number of nitrogens with one attached hydrogen (secondary N) is 1. The van der Waals surface area contributed by atoms with Crippen LogP contribution in [0.3, 0.4) is 0 Å². The molecule has 0 bridgehead atoms. The normalized spacial score (nSPS) is 23.6. The van der Waals surface area contributed by atoms with E-state index in [9.17, 15) is 9.59 Å². The van der Waals surface area contributed by atoms with E-state index in [2.05, 4.69) is 5.32 Å². The molecule has 0 aromatic heterocycles. The van der Waals surface area contributed by atoms with Crippen LogP contribution in [0.4, 0.5) is 5.69 Å². The molecule has 112 valence electrons. The highest BCUT2D eigenvalue weighted by molar-refractivity contribution is 5.95. The number of carbonyl (C=O) groups is 2. The van der Waals surface area contributed by atoms with E-state index in [1.165, 1.54) is 0 Å². The number of rotatable bonds is 3. The number of anilines is 1. The van der Waals surface area contributed by atoms with Gasteiger partial charge in [0.15, 0.2) is 11.5 Å². The van der Waals surface area contributed by atoms with Gasteiger partial charge in [-0.3, -0.25) is 9.59 Å². The number of benzene rings is 1. The standard InChI is InChI=1S/C15H17NO5/c17-14(9-3-1-4-10(7-9)15(18)19)16-11-5-2-6-12-13(11)21-8-20-12/h2,5-6,9-10H,1,3-4,7-8H2,(H,16,17)(H,18,19). The third kappa shape index (κ3) is 2.79. The number of carbonyl (C=O) groups excluding carboxylic acids is 1. The monoisotopic (exact) mass is 291 g/mol. The van der Waals surface area contributed by atoms with Gasteiger partial charge in [0, 0.05) is 5.92 Å². The van der Waals surface area contributed by atoms with Crippen molar-refractivity contribution >= 4 is 17.6 Å². The van der Waals surface area contributed by atoms with Crippen LogP contribution in [0.15, 0.2) is 18.2 Å². The minimum Gasteiger partial charge on any atom is -0.481 e. The Morgan fingerprint density at radius 3 is 2.81 bits per heavy atom. The van der Waals surface area contributed by atoms with Crippen LogP contribution >= 0.6 is 0 Å². The topological polar surface area (TPSA) is 84.9 Å². The second-order valence-corrected chi connectivity index (χ2v) is 5.43. The molecule has 2 unspecified atom stereocenters. The van der Waals surface area contributed by atoms with E-state index in [-0.39, 0.29) is 18.6 Å². The molecule has 3 rings (SSSR count). The first-order valence-electron chi connectivity index (χ1n) is 7.07. The van der Waals surface area contributed by atoms with E-state index in [4.69, 9.17) is 14.6 Å². The predicted octanol–water partition coefficient (Wildman–Crippen LogP) is 2.24. The van der Waals surface area contributed by atoms with Gasteiger partial charge in [0.05, 0.1) is 11.6 Å². The number of hydrogen-bond donors (Lipinski definition) is 2. The van der Waals surface area contributed by atoms with Crippen molar-refractivity contribution in [3.05, 3.63) is 18.2 Å². The molecule has 1 amide bonds. The third-order valence-electron chi connectivity index (χ3n) is 4.05. The molecular formula is C15H17NO5. The molecular weight excluding hydrogens is 274 g/mol. The molecule has 6 nitrogen and oxygen atoms in total. The zero-order valence-corrected chi connectivity index (χ0v) is 11.5. The second kappa shape index (κ2) is 5.63. The Balaban J connectivity index is 1.69. The molecule has 0 saturated heterocycles. The van der Waals surface area contributed by atoms with Crippen LogP contribution < -0.4 is 14.8 Å². The zero-order chi connectivity index (χ0) is 14.8. The van der Waals surface area contributed by atoms with E-state index in [1.54, 1.807) is 18.2 Å². The van der Waals surface area contributed by atoms with Gasteiger partial charge < -0.3 is 19.9 Å². The number of amides is 1. The van der Waals surface area contributed by atoms with E-state index in [1.807, 2.05) is 0 Å². The Morgan fingerprint density at radius 2 is 2.00 bits per heavy atom. The van der Waals surface area contributed by atoms with Gasteiger partial charge in [-0.05, 0) is 31.4 Å². The summed E-state index contributed by atoms with van der Waals surface area (Å²) in [6, 6.07) is 5.31. The molecule has 1 aromatic carbocycles. The highest BCUT2D eigenvalue weighted by Crippen LogP contribution is 2.39. The van der Waals surface area contributed by atoms with Crippen LogP contribution in [0.2, 0.25) is 0 Å². The maximum atomic E-state index is 12.3. The fourth-order valence-corrected chi connectivity index (χ4v) is 2.92. The molecule has 2 atom stereocenters. The summed E-state index contributed by atoms with van der Waals surface area (Å²) in [7, 11) is 0. The average molecular weight is 291 g/mol. The van der Waals surface area contributed by atoms with Gasteiger partial charge >= 0.3 is 5.97 Å². The summed E-state index contributed by atoms with van der Waals surface area (Å²) in [4.78, 5) is 23.4. The minimum absolute atomic E-state index is 0.146. The lowest BCUT2D eigenvalue weighted by Gasteiger charge is -2.25. The fourth-order valence-electron chi connectivity index (χ4n) is 2.92. The molecule has 1 aromatic rings. The van der Waals surface area contributed by atoms with Crippen LogP contribution in [-0.4, -0.2) is 23.8 Å². The van der Waals surface area contributed by atoms with Gasteiger partial charge in [0.2, 0.25) is 12.7 Å². The SMILES string of the molecule is O=C(O)C1CCCC(C(=O)Nc2cccc3c2OCO3)C1. The maximum absolute atomic E-state index is 12.3. The van der Waals surface area contributed by atoms with Crippen molar-refractivity contribution < 1.29 is 24.2 Å². The number of hydrogen-bond acceptors (Lipinski definition) is 4. The summed E-state index contributed by atoms with van der Waals surface area (Å²) in [5.74, 6) is -0.500. The minimum atomic E-state index is -0.815. The van der Waals surface area contributed by atoms with Gasteiger partial charge in [-0.2, -0.15) is 0 Å². The Morgan fingerprint density at radius 1 is 1.19 bits per heavy atom. The number of carboxylic acids is 1. The van der Waals surface area contributed by atoms with E-state index >= 15 is 0 Å². The zero-order valence-electron chi connectivity index (χ0n) is 11.5. The van der Waals surface area contributed by atoms with Crippen molar-refractivity contribution in [3.8, 4) is 11.5 Å². The summed E-state index contributed by atoms with van der Waals surface area (Å²) in [6.07, 6.45) is 2.54. The quantitative estimate of drug-likeness (QED) is 0.892. The third-order valence-corrected chi connectivity index (χ3v) is 4.05. The smallest absolute Gasteiger partial charge is 0.306 e. The van der Waals surface area contributed by atoms with Crippen LogP contribution in [0, 0.1) is 11.8 Å². The largest absolute Gasteiger partial charge is 0.481 e. The second-order valence-electron chi connectivity index (χ2n) is 5.43. The van der Waals surface area contributed by atoms with Crippen LogP contribution in [0.5, 0.6) is 11.5 Å². The summed E-state index contributed by atoms with van der Waals surface area (Å²) in [5, 5.41) is 11.9. The van der Waals surface area contributed by atoms with Crippen molar-refractivity contribution in [2.45, 2.75) is 25.7 Å². The molecule has 6 heteroatoms. The lowest BCUT2D eigenvalue weighted by molar-refractivity contribution is -0.143. The molecule has 0 radical (unpaired) electrons. The number of aliphatic carboxylic acids is 1. The molecule has 1 saturated carbocycles. The van der Waals surface area contributed by atoms with E-state index < -0.39 is 11.9 Å². The van der Waals surface area contributed by atoms with Gasteiger partial charge in [0.25, 0.3) is 0 Å².